The number of phenolic OH excluding ortho intramolecular Hbond substituents is 1. The second kappa shape index (κ2) is 7.62. The zero-order chi connectivity index (χ0) is 19.6. The summed E-state index contributed by atoms with van der Waals surface area (Å²) in [5, 5.41) is 12.1. The zero-order valence-corrected chi connectivity index (χ0v) is 17.0. The Labute approximate surface area is 176 Å². The van der Waals surface area contributed by atoms with E-state index in [1.807, 2.05) is 72.8 Å². The van der Waals surface area contributed by atoms with Crippen molar-refractivity contribution in [3.8, 4) is 5.75 Å². The van der Waals surface area contributed by atoms with E-state index in [9.17, 15) is 5.11 Å². The van der Waals surface area contributed by atoms with Gasteiger partial charge in [0.25, 0.3) is 0 Å². The summed E-state index contributed by atoms with van der Waals surface area (Å²) >= 11 is 3.30. The largest absolute Gasteiger partial charge is 0.507 e. The first-order valence-electron chi connectivity index (χ1n) is 9.15. The molecule has 5 rings (SSSR count). The third-order valence-corrected chi connectivity index (χ3v) is 6.50. The minimum absolute atomic E-state index is 0.250. The lowest BCUT2D eigenvalue weighted by molar-refractivity contribution is 0.474. The normalized spacial score (nSPS) is 12.0. The molecule has 140 valence electrons. The smallest absolute Gasteiger partial charge is 0.122 e. The summed E-state index contributed by atoms with van der Waals surface area (Å²) in [6.45, 7) is 0. The molecule has 5 heteroatoms. The van der Waals surface area contributed by atoms with Gasteiger partial charge in [-0.3, -0.25) is 0 Å². The number of nitrogens with zero attached hydrogens (tertiary/aromatic N) is 2. The minimum atomic E-state index is 0.250. The molecule has 0 amide bonds. The Balaban J connectivity index is 1.40. The summed E-state index contributed by atoms with van der Waals surface area (Å²) in [5.41, 5.74) is 3.78. The number of hydrogen-bond acceptors (Lipinski definition) is 5. The number of fused-ring (bicyclic) bond motifs is 2. The summed E-state index contributed by atoms with van der Waals surface area (Å²) in [4.78, 5) is 9.23. The summed E-state index contributed by atoms with van der Waals surface area (Å²) in [5.74, 6) is 0.250. The molecule has 0 aliphatic rings. The quantitative estimate of drug-likeness (QED) is 0.347. The predicted octanol–water partition coefficient (Wildman–Crippen LogP) is 6.95. The molecule has 0 saturated heterocycles. The van der Waals surface area contributed by atoms with Crippen molar-refractivity contribution in [3.63, 3.8) is 0 Å². The molecule has 0 spiro atoms. The molecule has 0 fully saturated rings. The van der Waals surface area contributed by atoms with Crippen LogP contribution >= 0.6 is 22.7 Å². The molecule has 1 N–H and O–H groups in total. The van der Waals surface area contributed by atoms with Crippen molar-refractivity contribution in [2.75, 3.05) is 0 Å². The third kappa shape index (κ3) is 3.83. The van der Waals surface area contributed by atoms with Crippen LogP contribution in [0.1, 0.15) is 21.1 Å². The van der Waals surface area contributed by atoms with E-state index in [-0.39, 0.29) is 5.75 Å². The summed E-state index contributed by atoms with van der Waals surface area (Å²) in [7, 11) is 0. The highest BCUT2D eigenvalue weighted by atomic mass is 32.1. The molecule has 2 heterocycles. The Morgan fingerprint density at radius 3 is 1.86 bits per heavy atom. The van der Waals surface area contributed by atoms with Crippen LogP contribution in [0.4, 0.5) is 0 Å². The Kier molecular flexibility index (Phi) is 4.68. The van der Waals surface area contributed by atoms with Crippen LogP contribution in [0, 0.1) is 0 Å². The standard InChI is InChI=1S/C24H16N2OS2/c27-20-12-9-16(10-13-23-25-18-5-1-3-7-21(18)28-23)15-17(20)11-14-24-26-19-6-2-4-8-22(19)29-24/h1-15,27H/b13-10+,14-11+. The first-order chi connectivity index (χ1) is 14.2. The first kappa shape index (κ1) is 17.8. The van der Waals surface area contributed by atoms with E-state index in [1.54, 1.807) is 28.7 Å². The van der Waals surface area contributed by atoms with Gasteiger partial charge >= 0.3 is 0 Å². The van der Waals surface area contributed by atoms with Crippen LogP contribution in [-0.2, 0) is 0 Å². The number of thiazole rings is 2. The van der Waals surface area contributed by atoms with Crippen molar-refractivity contribution in [1.29, 1.82) is 0 Å². The zero-order valence-electron chi connectivity index (χ0n) is 15.3. The molecular weight excluding hydrogens is 396 g/mol. The van der Waals surface area contributed by atoms with E-state index in [2.05, 4.69) is 22.1 Å². The van der Waals surface area contributed by atoms with Crippen molar-refractivity contribution in [2.24, 2.45) is 0 Å². The van der Waals surface area contributed by atoms with Crippen LogP contribution in [0.3, 0.4) is 0 Å². The number of aromatic nitrogens is 2. The van der Waals surface area contributed by atoms with Crippen LogP contribution in [-0.4, -0.2) is 15.1 Å². The van der Waals surface area contributed by atoms with Crippen molar-refractivity contribution < 1.29 is 5.11 Å². The number of hydrogen-bond donors (Lipinski definition) is 1. The maximum absolute atomic E-state index is 10.2. The number of para-hydroxylation sites is 2. The van der Waals surface area contributed by atoms with Gasteiger partial charge in [-0.05, 0) is 60.2 Å². The average molecular weight is 413 g/mol. The Morgan fingerprint density at radius 1 is 0.655 bits per heavy atom. The van der Waals surface area contributed by atoms with Gasteiger partial charge in [-0.25, -0.2) is 9.97 Å². The molecule has 0 bridgehead atoms. The third-order valence-electron chi connectivity index (χ3n) is 4.50. The molecule has 0 aliphatic carbocycles. The molecular formula is C24H16N2OS2. The van der Waals surface area contributed by atoms with Crippen LogP contribution in [0.5, 0.6) is 5.75 Å². The van der Waals surface area contributed by atoms with Crippen LogP contribution < -0.4 is 0 Å². The van der Waals surface area contributed by atoms with Gasteiger partial charge < -0.3 is 5.11 Å². The highest BCUT2D eigenvalue weighted by molar-refractivity contribution is 7.19. The molecule has 0 unspecified atom stereocenters. The van der Waals surface area contributed by atoms with Gasteiger partial charge in [0.15, 0.2) is 0 Å². The summed E-state index contributed by atoms with van der Waals surface area (Å²) in [6, 6.07) is 21.8. The minimum Gasteiger partial charge on any atom is -0.507 e. The molecule has 2 aromatic heterocycles. The predicted molar refractivity (Wildman–Crippen MR) is 125 cm³/mol. The number of benzene rings is 3. The second-order valence-electron chi connectivity index (χ2n) is 6.52. The lowest BCUT2D eigenvalue weighted by atomic mass is 10.1. The van der Waals surface area contributed by atoms with Crippen molar-refractivity contribution in [3.05, 3.63) is 87.9 Å². The van der Waals surface area contributed by atoms with E-state index in [0.29, 0.717) is 0 Å². The van der Waals surface area contributed by atoms with Gasteiger partial charge in [0.1, 0.15) is 15.8 Å². The second-order valence-corrected chi connectivity index (χ2v) is 8.65. The molecule has 0 saturated carbocycles. The van der Waals surface area contributed by atoms with Crippen molar-refractivity contribution in [2.45, 2.75) is 0 Å². The van der Waals surface area contributed by atoms with Gasteiger partial charge in [-0.1, -0.05) is 36.4 Å². The van der Waals surface area contributed by atoms with Crippen molar-refractivity contribution in [1.82, 2.24) is 9.97 Å². The summed E-state index contributed by atoms with van der Waals surface area (Å²) in [6.07, 6.45) is 7.88. The van der Waals surface area contributed by atoms with Gasteiger partial charge in [-0.15, -0.1) is 22.7 Å². The summed E-state index contributed by atoms with van der Waals surface area (Å²) < 4.78 is 2.33. The van der Waals surface area contributed by atoms with E-state index in [1.165, 1.54) is 4.70 Å². The molecule has 3 aromatic carbocycles. The van der Waals surface area contributed by atoms with Gasteiger partial charge in [0.05, 0.1) is 20.4 Å². The number of rotatable bonds is 4. The van der Waals surface area contributed by atoms with E-state index < -0.39 is 0 Å². The fourth-order valence-corrected chi connectivity index (χ4v) is 4.80. The van der Waals surface area contributed by atoms with E-state index in [4.69, 9.17) is 0 Å². The highest BCUT2D eigenvalue weighted by Gasteiger charge is 2.03. The molecule has 3 nitrogen and oxygen atoms in total. The Bertz CT molecular complexity index is 1310. The first-order valence-corrected chi connectivity index (χ1v) is 10.8. The fourth-order valence-electron chi connectivity index (χ4n) is 3.06. The van der Waals surface area contributed by atoms with Gasteiger partial charge in [0, 0.05) is 5.56 Å². The fraction of sp³-hybridized carbons (Fsp3) is 0. The van der Waals surface area contributed by atoms with Crippen molar-refractivity contribution >= 4 is 67.4 Å². The Morgan fingerprint density at radius 2 is 1.24 bits per heavy atom. The maximum Gasteiger partial charge on any atom is 0.122 e. The van der Waals surface area contributed by atoms with Gasteiger partial charge in [0.2, 0.25) is 0 Å². The van der Waals surface area contributed by atoms with Crippen LogP contribution in [0.2, 0.25) is 0 Å². The number of phenols is 1. The molecule has 0 radical (unpaired) electrons. The van der Waals surface area contributed by atoms with Gasteiger partial charge in [-0.2, -0.15) is 0 Å². The van der Waals surface area contributed by atoms with E-state index >= 15 is 0 Å². The molecule has 0 aliphatic heterocycles. The van der Waals surface area contributed by atoms with Crippen LogP contribution in [0.25, 0.3) is 44.7 Å². The van der Waals surface area contributed by atoms with Crippen LogP contribution in [0.15, 0.2) is 66.7 Å². The molecule has 5 aromatic rings. The molecule has 0 atom stereocenters. The topological polar surface area (TPSA) is 46.0 Å². The Hall–Kier alpha value is -3.28. The highest BCUT2D eigenvalue weighted by Crippen LogP contribution is 2.27. The lowest BCUT2D eigenvalue weighted by Crippen LogP contribution is -1.79. The maximum atomic E-state index is 10.2. The average Bonchev–Trinajstić information content (AvgIpc) is 3.35. The molecule has 29 heavy (non-hydrogen) atoms. The monoisotopic (exact) mass is 412 g/mol. The number of aromatic hydroxyl groups is 1. The van der Waals surface area contributed by atoms with E-state index in [0.717, 1.165) is 36.9 Å². The SMILES string of the molecule is Oc1ccc(/C=C/c2nc3ccccc3s2)cc1/C=C/c1nc2ccccc2s1. The lowest BCUT2D eigenvalue weighted by Gasteiger charge is -2.00.